The van der Waals surface area contributed by atoms with E-state index in [-0.39, 0.29) is 0 Å². The third kappa shape index (κ3) is 2.87. The van der Waals surface area contributed by atoms with Crippen LogP contribution in [0.3, 0.4) is 0 Å². The lowest BCUT2D eigenvalue weighted by atomic mass is 10.1. The minimum Gasteiger partial charge on any atom is -0.365 e. The molecule has 0 aromatic carbocycles. The molecule has 1 fully saturated rings. The van der Waals surface area contributed by atoms with Gasteiger partial charge in [-0.1, -0.05) is 0 Å². The maximum absolute atomic E-state index is 4.69. The van der Waals surface area contributed by atoms with Crippen molar-refractivity contribution < 1.29 is 0 Å². The molecule has 118 valence electrons. The van der Waals surface area contributed by atoms with Crippen LogP contribution in [-0.4, -0.2) is 43.6 Å². The van der Waals surface area contributed by atoms with Crippen molar-refractivity contribution in [3.05, 3.63) is 36.7 Å². The van der Waals surface area contributed by atoms with Crippen LogP contribution >= 0.6 is 0 Å². The Balaban J connectivity index is 1.65. The molecule has 0 aliphatic carbocycles. The van der Waals surface area contributed by atoms with Crippen molar-refractivity contribution in [2.45, 2.75) is 25.8 Å². The van der Waals surface area contributed by atoms with Gasteiger partial charge in [0.05, 0.1) is 24.1 Å². The number of hydrogen-bond acceptors (Lipinski definition) is 6. The smallest absolute Gasteiger partial charge is 0.159 e. The number of anilines is 1. The summed E-state index contributed by atoms with van der Waals surface area (Å²) in [6.45, 7) is 4.03. The van der Waals surface area contributed by atoms with Gasteiger partial charge in [0.25, 0.3) is 0 Å². The van der Waals surface area contributed by atoms with Crippen molar-refractivity contribution in [2.24, 2.45) is 0 Å². The van der Waals surface area contributed by atoms with Crippen molar-refractivity contribution >= 4 is 16.9 Å². The summed E-state index contributed by atoms with van der Waals surface area (Å²) < 4.78 is 1.95. The van der Waals surface area contributed by atoms with Crippen LogP contribution in [0.25, 0.3) is 16.9 Å². The number of piperidine rings is 1. The molecule has 3 aromatic heterocycles. The molecule has 0 amide bonds. The molecule has 1 unspecified atom stereocenters. The summed E-state index contributed by atoms with van der Waals surface area (Å²) in [7, 11) is 0. The van der Waals surface area contributed by atoms with Gasteiger partial charge in [0.2, 0.25) is 0 Å². The number of nitrogens with one attached hydrogen (secondary N) is 2. The average Bonchev–Trinajstić information content (AvgIpc) is 2.99. The Labute approximate surface area is 134 Å². The third-order valence-electron chi connectivity index (χ3n) is 4.09. The first-order valence-corrected chi connectivity index (χ1v) is 7.89. The summed E-state index contributed by atoms with van der Waals surface area (Å²) in [5.74, 6) is 1.55. The van der Waals surface area contributed by atoms with E-state index in [1.165, 1.54) is 6.42 Å². The quantitative estimate of drug-likeness (QED) is 0.766. The van der Waals surface area contributed by atoms with Gasteiger partial charge >= 0.3 is 0 Å². The zero-order valence-electron chi connectivity index (χ0n) is 13.0. The van der Waals surface area contributed by atoms with E-state index in [0.29, 0.717) is 6.04 Å². The number of fused-ring (bicyclic) bond motifs is 1. The predicted molar refractivity (Wildman–Crippen MR) is 88.7 cm³/mol. The molecule has 7 heteroatoms. The van der Waals surface area contributed by atoms with Gasteiger partial charge in [-0.2, -0.15) is 0 Å². The molecule has 4 rings (SSSR count). The minimum atomic E-state index is 0.402. The van der Waals surface area contributed by atoms with Crippen molar-refractivity contribution in [3.63, 3.8) is 0 Å². The van der Waals surface area contributed by atoms with E-state index < -0.39 is 0 Å². The number of rotatable bonds is 3. The molecule has 1 aliphatic rings. The summed E-state index contributed by atoms with van der Waals surface area (Å²) in [5.41, 5.74) is 2.80. The normalized spacial score (nSPS) is 18.2. The van der Waals surface area contributed by atoms with Gasteiger partial charge < -0.3 is 10.6 Å². The summed E-state index contributed by atoms with van der Waals surface area (Å²) in [6.07, 6.45) is 9.40. The molecule has 0 saturated carbocycles. The van der Waals surface area contributed by atoms with Gasteiger partial charge in [0.15, 0.2) is 5.82 Å². The second-order valence-corrected chi connectivity index (χ2v) is 5.88. The second-order valence-electron chi connectivity index (χ2n) is 5.88. The van der Waals surface area contributed by atoms with E-state index in [1.807, 2.05) is 17.6 Å². The number of pyridine rings is 1. The Morgan fingerprint density at radius 3 is 3.09 bits per heavy atom. The lowest BCUT2D eigenvalue weighted by Crippen LogP contribution is -2.38. The molecule has 7 nitrogen and oxygen atoms in total. The van der Waals surface area contributed by atoms with E-state index in [0.717, 1.165) is 47.9 Å². The first-order chi connectivity index (χ1) is 11.3. The molecule has 1 atom stereocenters. The standard InChI is InChI=1S/C16H19N7/c1-11-5-14-13(7-19-11)20-10-23(14)16-9-18-8-15(22-16)21-12-3-2-4-17-6-12/h5,7-10,12,17H,2-4,6H2,1H3,(H,21,22). The van der Waals surface area contributed by atoms with Crippen LogP contribution < -0.4 is 10.6 Å². The Morgan fingerprint density at radius 2 is 2.22 bits per heavy atom. The molecule has 0 spiro atoms. The van der Waals surface area contributed by atoms with Crippen LogP contribution in [0.2, 0.25) is 0 Å². The Bertz CT molecular complexity index is 820. The monoisotopic (exact) mass is 309 g/mol. The van der Waals surface area contributed by atoms with Gasteiger partial charge in [-0.25, -0.2) is 9.97 Å². The van der Waals surface area contributed by atoms with Gasteiger partial charge in [-0.05, 0) is 32.4 Å². The molecule has 1 aliphatic heterocycles. The molecular formula is C16H19N7. The zero-order chi connectivity index (χ0) is 15.6. The van der Waals surface area contributed by atoms with Crippen LogP contribution in [-0.2, 0) is 0 Å². The highest BCUT2D eigenvalue weighted by molar-refractivity contribution is 5.76. The van der Waals surface area contributed by atoms with Crippen LogP contribution in [0.1, 0.15) is 18.5 Å². The first kappa shape index (κ1) is 14.1. The molecule has 23 heavy (non-hydrogen) atoms. The van der Waals surface area contributed by atoms with Gasteiger partial charge in [-0.15, -0.1) is 0 Å². The van der Waals surface area contributed by atoms with Crippen LogP contribution in [0.15, 0.2) is 31.0 Å². The highest BCUT2D eigenvalue weighted by Crippen LogP contribution is 2.18. The highest BCUT2D eigenvalue weighted by atomic mass is 15.2. The fourth-order valence-electron chi connectivity index (χ4n) is 2.92. The number of imidazole rings is 1. The molecule has 1 saturated heterocycles. The van der Waals surface area contributed by atoms with Crippen molar-refractivity contribution in [1.82, 2.24) is 29.8 Å². The predicted octanol–water partition coefficient (Wildman–Crippen LogP) is 1.68. The molecule has 4 heterocycles. The molecule has 0 bridgehead atoms. The maximum Gasteiger partial charge on any atom is 0.159 e. The zero-order valence-corrected chi connectivity index (χ0v) is 13.0. The maximum atomic E-state index is 4.69. The number of hydrogen-bond donors (Lipinski definition) is 2. The fourth-order valence-corrected chi connectivity index (χ4v) is 2.92. The summed E-state index contributed by atoms with van der Waals surface area (Å²) in [4.78, 5) is 17.7. The van der Waals surface area contributed by atoms with E-state index >= 15 is 0 Å². The number of aryl methyl sites for hydroxylation is 1. The van der Waals surface area contributed by atoms with Gasteiger partial charge in [0, 0.05) is 18.3 Å². The van der Waals surface area contributed by atoms with E-state index in [9.17, 15) is 0 Å². The number of nitrogens with zero attached hydrogens (tertiary/aromatic N) is 5. The molecule has 3 aromatic rings. The van der Waals surface area contributed by atoms with Gasteiger partial charge in [0.1, 0.15) is 17.7 Å². The van der Waals surface area contributed by atoms with Crippen LogP contribution in [0, 0.1) is 6.92 Å². The molecular weight excluding hydrogens is 290 g/mol. The Kier molecular flexibility index (Phi) is 3.63. The van der Waals surface area contributed by atoms with Crippen LogP contribution in [0.5, 0.6) is 0 Å². The SMILES string of the molecule is Cc1cc2c(cn1)ncn2-c1cncc(NC2CCCNC2)n1. The van der Waals surface area contributed by atoms with Gasteiger partial charge in [-0.3, -0.25) is 14.5 Å². The van der Waals surface area contributed by atoms with Crippen molar-refractivity contribution in [3.8, 4) is 5.82 Å². The van der Waals surface area contributed by atoms with E-state index in [2.05, 4.69) is 25.6 Å². The van der Waals surface area contributed by atoms with E-state index in [1.54, 1.807) is 24.9 Å². The average molecular weight is 309 g/mol. The lowest BCUT2D eigenvalue weighted by Gasteiger charge is -2.24. The lowest BCUT2D eigenvalue weighted by molar-refractivity contribution is 0.479. The first-order valence-electron chi connectivity index (χ1n) is 7.89. The fraction of sp³-hybridized carbons (Fsp3) is 0.375. The molecule has 0 radical (unpaired) electrons. The molecule has 2 N–H and O–H groups in total. The summed E-state index contributed by atoms with van der Waals surface area (Å²) >= 11 is 0. The Morgan fingerprint density at radius 1 is 1.26 bits per heavy atom. The van der Waals surface area contributed by atoms with Crippen molar-refractivity contribution in [1.29, 1.82) is 0 Å². The number of aromatic nitrogens is 5. The third-order valence-corrected chi connectivity index (χ3v) is 4.09. The second kappa shape index (κ2) is 5.92. The van der Waals surface area contributed by atoms with Crippen LogP contribution in [0.4, 0.5) is 5.82 Å². The largest absolute Gasteiger partial charge is 0.365 e. The highest BCUT2D eigenvalue weighted by Gasteiger charge is 2.14. The summed E-state index contributed by atoms with van der Waals surface area (Å²) in [5, 5.41) is 6.86. The van der Waals surface area contributed by atoms with Crippen molar-refractivity contribution in [2.75, 3.05) is 18.4 Å². The topological polar surface area (TPSA) is 80.5 Å². The minimum absolute atomic E-state index is 0.402. The Hall–Kier alpha value is -2.54. The summed E-state index contributed by atoms with van der Waals surface area (Å²) in [6, 6.07) is 2.41. The van der Waals surface area contributed by atoms with E-state index in [4.69, 9.17) is 4.98 Å².